The summed E-state index contributed by atoms with van der Waals surface area (Å²) in [7, 11) is 1.71. The van der Waals surface area contributed by atoms with Crippen LogP contribution in [0.25, 0.3) is 0 Å². The first-order chi connectivity index (χ1) is 13.3. The minimum atomic E-state index is 0.385. The number of likely N-dealkylation sites (tertiary alicyclic amines) is 1. The summed E-state index contributed by atoms with van der Waals surface area (Å²) in [4.78, 5) is 2.58. The van der Waals surface area contributed by atoms with Gasteiger partial charge in [-0.25, -0.2) is 0 Å². The smallest absolute Gasteiger partial charge is 0.161 e. The van der Waals surface area contributed by atoms with Crippen LogP contribution in [0.3, 0.4) is 0 Å². The Hall–Kier alpha value is -2.24. The van der Waals surface area contributed by atoms with Gasteiger partial charge in [-0.05, 0) is 61.3 Å². The second kappa shape index (κ2) is 8.63. The molecule has 1 saturated heterocycles. The predicted octanol–water partition coefficient (Wildman–Crippen LogP) is 3.39. The summed E-state index contributed by atoms with van der Waals surface area (Å²) in [5, 5.41) is 3.64. The van der Waals surface area contributed by atoms with E-state index in [0.717, 1.165) is 30.3 Å². The maximum absolute atomic E-state index is 5.69. The van der Waals surface area contributed by atoms with Gasteiger partial charge in [0.05, 0.1) is 7.11 Å². The standard InChI is InChI=1S/C22H28N2O3/c1-25-19-7-5-18(6-8-19)20(24-10-2-3-11-24)16-23-15-17-4-9-21-22(14-17)27-13-12-26-21/h4-9,14,20,23H,2-3,10-13,15-16H2,1H3. The predicted molar refractivity (Wildman–Crippen MR) is 106 cm³/mol. The van der Waals surface area contributed by atoms with Gasteiger partial charge in [0, 0.05) is 19.1 Å². The van der Waals surface area contributed by atoms with Gasteiger partial charge in [-0.3, -0.25) is 4.90 Å². The maximum atomic E-state index is 5.69. The SMILES string of the molecule is COc1ccc(C(CNCc2ccc3c(c2)OCCO3)N2CCCC2)cc1. The zero-order chi connectivity index (χ0) is 18.5. The van der Waals surface area contributed by atoms with Crippen molar-refractivity contribution in [3.63, 3.8) is 0 Å². The van der Waals surface area contributed by atoms with Crippen LogP contribution in [-0.2, 0) is 6.54 Å². The van der Waals surface area contributed by atoms with E-state index in [1.54, 1.807) is 7.11 Å². The van der Waals surface area contributed by atoms with E-state index in [-0.39, 0.29) is 0 Å². The normalized spacial score (nSPS) is 17.7. The van der Waals surface area contributed by atoms with E-state index in [4.69, 9.17) is 14.2 Å². The van der Waals surface area contributed by atoms with E-state index in [9.17, 15) is 0 Å². The first-order valence-electron chi connectivity index (χ1n) is 9.81. The van der Waals surface area contributed by atoms with Crippen LogP contribution in [0.5, 0.6) is 17.2 Å². The summed E-state index contributed by atoms with van der Waals surface area (Å²) < 4.78 is 16.6. The van der Waals surface area contributed by atoms with Crippen molar-refractivity contribution >= 4 is 0 Å². The highest BCUT2D eigenvalue weighted by Gasteiger charge is 2.23. The molecule has 4 rings (SSSR count). The number of fused-ring (bicyclic) bond motifs is 1. The van der Waals surface area contributed by atoms with E-state index >= 15 is 0 Å². The van der Waals surface area contributed by atoms with Crippen molar-refractivity contribution in [1.29, 1.82) is 0 Å². The Bertz CT molecular complexity index is 742. The van der Waals surface area contributed by atoms with Crippen molar-refractivity contribution < 1.29 is 14.2 Å². The highest BCUT2D eigenvalue weighted by molar-refractivity contribution is 5.43. The molecule has 0 radical (unpaired) electrons. The Kier molecular flexibility index (Phi) is 5.80. The summed E-state index contributed by atoms with van der Waals surface area (Å²) in [6, 6.07) is 15.1. The molecule has 0 spiro atoms. The summed E-state index contributed by atoms with van der Waals surface area (Å²) in [5.41, 5.74) is 2.56. The molecule has 1 fully saturated rings. The van der Waals surface area contributed by atoms with Crippen LogP contribution in [0, 0.1) is 0 Å². The number of rotatable bonds is 7. The molecular formula is C22H28N2O3. The van der Waals surface area contributed by atoms with Gasteiger partial charge in [0.2, 0.25) is 0 Å². The second-order valence-corrected chi connectivity index (χ2v) is 7.14. The van der Waals surface area contributed by atoms with Crippen LogP contribution < -0.4 is 19.5 Å². The molecule has 2 aromatic carbocycles. The Labute approximate surface area is 161 Å². The summed E-state index contributed by atoms with van der Waals surface area (Å²) in [6.07, 6.45) is 2.57. The van der Waals surface area contributed by atoms with Gasteiger partial charge < -0.3 is 19.5 Å². The zero-order valence-corrected chi connectivity index (χ0v) is 15.9. The number of nitrogens with one attached hydrogen (secondary N) is 1. The van der Waals surface area contributed by atoms with Crippen LogP contribution in [-0.4, -0.2) is 44.9 Å². The van der Waals surface area contributed by atoms with Crippen molar-refractivity contribution in [2.24, 2.45) is 0 Å². The largest absolute Gasteiger partial charge is 0.497 e. The molecule has 1 atom stereocenters. The van der Waals surface area contributed by atoms with Crippen LogP contribution in [0.4, 0.5) is 0 Å². The van der Waals surface area contributed by atoms with E-state index in [0.29, 0.717) is 19.3 Å². The van der Waals surface area contributed by atoms with Gasteiger partial charge in [0.25, 0.3) is 0 Å². The van der Waals surface area contributed by atoms with Crippen molar-refractivity contribution in [3.05, 3.63) is 53.6 Å². The molecule has 2 aromatic rings. The topological polar surface area (TPSA) is 43.0 Å². The molecule has 0 aliphatic carbocycles. The van der Waals surface area contributed by atoms with Gasteiger partial charge >= 0.3 is 0 Å². The highest BCUT2D eigenvalue weighted by Crippen LogP contribution is 2.31. The molecule has 144 valence electrons. The third kappa shape index (κ3) is 4.37. The fourth-order valence-electron chi connectivity index (χ4n) is 3.89. The minimum absolute atomic E-state index is 0.385. The fourth-order valence-corrected chi connectivity index (χ4v) is 3.89. The summed E-state index contributed by atoms with van der Waals surface area (Å²) >= 11 is 0. The molecule has 2 heterocycles. The average molecular weight is 368 g/mol. The Morgan fingerprint density at radius 1 is 1.00 bits per heavy atom. The Balaban J connectivity index is 1.40. The molecule has 1 N–H and O–H groups in total. The van der Waals surface area contributed by atoms with Crippen LogP contribution in [0.1, 0.15) is 30.0 Å². The van der Waals surface area contributed by atoms with Gasteiger partial charge in [0.15, 0.2) is 11.5 Å². The average Bonchev–Trinajstić information content (AvgIpc) is 3.26. The highest BCUT2D eigenvalue weighted by atomic mass is 16.6. The molecule has 2 aliphatic heterocycles. The Morgan fingerprint density at radius 3 is 2.48 bits per heavy atom. The molecule has 0 aromatic heterocycles. The third-order valence-electron chi connectivity index (χ3n) is 5.36. The number of hydrogen-bond acceptors (Lipinski definition) is 5. The van der Waals surface area contributed by atoms with Gasteiger partial charge in [-0.2, -0.15) is 0 Å². The molecule has 1 unspecified atom stereocenters. The molecule has 0 bridgehead atoms. The van der Waals surface area contributed by atoms with Crippen molar-refractivity contribution in [3.8, 4) is 17.2 Å². The van der Waals surface area contributed by atoms with Gasteiger partial charge in [-0.15, -0.1) is 0 Å². The molecule has 0 saturated carbocycles. The lowest BCUT2D eigenvalue weighted by Crippen LogP contribution is -2.34. The van der Waals surface area contributed by atoms with Crippen molar-refractivity contribution in [2.75, 3.05) is 40.0 Å². The molecule has 5 heteroatoms. The van der Waals surface area contributed by atoms with Gasteiger partial charge in [-0.1, -0.05) is 18.2 Å². The van der Waals surface area contributed by atoms with E-state index in [1.165, 1.54) is 37.1 Å². The van der Waals surface area contributed by atoms with Crippen LogP contribution in [0.15, 0.2) is 42.5 Å². The monoisotopic (exact) mass is 368 g/mol. The van der Waals surface area contributed by atoms with E-state index in [2.05, 4.69) is 46.6 Å². The fraction of sp³-hybridized carbons (Fsp3) is 0.455. The number of ether oxygens (including phenoxy) is 3. The molecular weight excluding hydrogens is 340 g/mol. The molecule has 2 aliphatic rings. The van der Waals surface area contributed by atoms with Gasteiger partial charge in [0.1, 0.15) is 19.0 Å². The first kappa shape index (κ1) is 18.1. The Morgan fingerprint density at radius 2 is 1.74 bits per heavy atom. The lowest BCUT2D eigenvalue weighted by Gasteiger charge is -2.28. The number of hydrogen-bond donors (Lipinski definition) is 1. The second-order valence-electron chi connectivity index (χ2n) is 7.14. The zero-order valence-electron chi connectivity index (χ0n) is 15.9. The van der Waals surface area contributed by atoms with E-state index in [1.807, 2.05) is 6.07 Å². The molecule has 5 nitrogen and oxygen atoms in total. The number of methoxy groups -OCH3 is 1. The van der Waals surface area contributed by atoms with Crippen molar-refractivity contribution in [1.82, 2.24) is 10.2 Å². The number of benzene rings is 2. The molecule has 27 heavy (non-hydrogen) atoms. The maximum Gasteiger partial charge on any atom is 0.161 e. The lowest BCUT2D eigenvalue weighted by molar-refractivity contribution is 0.171. The molecule has 0 amide bonds. The third-order valence-corrected chi connectivity index (χ3v) is 5.36. The number of nitrogens with zero attached hydrogens (tertiary/aromatic N) is 1. The van der Waals surface area contributed by atoms with E-state index < -0.39 is 0 Å². The quantitative estimate of drug-likeness (QED) is 0.811. The lowest BCUT2D eigenvalue weighted by atomic mass is 10.0. The summed E-state index contributed by atoms with van der Waals surface area (Å²) in [6.45, 7) is 5.32. The van der Waals surface area contributed by atoms with Crippen LogP contribution in [0.2, 0.25) is 0 Å². The summed E-state index contributed by atoms with van der Waals surface area (Å²) in [5.74, 6) is 2.60. The van der Waals surface area contributed by atoms with Crippen LogP contribution >= 0.6 is 0 Å². The first-order valence-corrected chi connectivity index (χ1v) is 9.81. The minimum Gasteiger partial charge on any atom is -0.497 e. The van der Waals surface area contributed by atoms with Crippen molar-refractivity contribution in [2.45, 2.75) is 25.4 Å².